The molecule has 1 N–H and O–H groups in total. The first-order chi connectivity index (χ1) is 11.1. The summed E-state index contributed by atoms with van der Waals surface area (Å²) in [5.74, 6) is 0. The van der Waals surface area contributed by atoms with Crippen LogP contribution in [0.2, 0.25) is 0 Å². The van der Waals surface area contributed by atoms with Crippen molar-refractivity contribution in [3.05, 3.63) is 29.8 Å². The Morgan fingerprint density at radius 2 is 1.96 bits per heavy atom. The van der Waals surface area contributed by atoms with Gasteiger partial charge in [0.25, 0.3) is 0 Å². The minimum Gasteiger partial charge on any atom is -0.372 e. The third kappa shape index (κ3) is 3.72. The first-order valence-electron chi connectivity index (χ1n) is 8.05. The van der Waals surface area contributed by atoms with E-state index in [4.69, 9.17) is 10.00 Å². The molecule has 124 valence electrons. The highest BCUT2D eigenvalue weighted by atomic mass is 32.2. The van der Waals surface area contributed by atoms with E-state index in [9.17, 15) is 8.42 Å². The molecule has 2 aliphatic rings. The van der Waals surface area contributed by atoms with Crippen LogP contribution in [0.4, 0.5) is 0 Å². The van der Waals surface area contributed by atoms with E-state index in [0.29, 0.717) is 24.8 Å². The Morgan fingerprint density at radius 3 is 2.52 bits per heavy atom. The fourth-order valence-corrected chi connectivity index (χ4v) is 4.67. The van der Waals surface area contributed by atoms with E-state index in [1.165, 1.54) is 17.0 Å². The molecule has 0 aromatic heterocycles. The zero-order valence-corrected chi connectivity index (χ0v) is 13.9. The Kier molecular flexibility index (Phi) is 4.97. The lowest BCUT2D eigenvalue weighted by atomic mass is 10.2. The Morgan fingerprint density at radius 1 is 1.26 bits per heavy atom. The molecule has 0 spiro atoms. The molecule has 0 unspecified atom stereocenters. The van der Waals surface area contributed by atoms with Crippen LogP contribution >= 0.6 is 0 Å². The number of quaternary nitrogens is 1. The zero-order valence-electron chi connectivity index (χ0n) is 13.1. The third-order valence-electron chi connectivity index (χ3n) is 4.59. The molecule has 23 heavy (non-hydrogen) atoms. The van der Waals surface area contributed by atoms with E-state index >= 15 is 0 Å². The van der Waals surface area contributed by atoms with Crippen molar-refractivity contribution in [1.82, 2.24) is 4.31 Å². The Hall–Kier alpha value is -1.46. The predicted octanol–water partition coefficient (Wildman–Crippen LogP) is -0.374. The number of hydrogen-bond acceptors (Lipinski definition) is 4. The first kappa shape index (κ1) is 16.4. The average molecular weight is 336 g/mol. The lowest BCUT2D eigenvalue weighted by molar-refractivity contribution is -0.906. The minimum atomic E-state index is -3.46. The molecule has 1 atom stereocenters. The molecule has 0 amide bonds. The largest absolute Gasteiger partial charge is 0.372 e. The summed E-state index contributed by atoms with van der Waals surface area (Å²) in [6, 6.07) is 8.12. The van der Waals surface area contributed by atoms with Gasteiger partial charge in [-0.15, -0.1) is 0 Å². The zero-order chi connectivity index (χ0) is 16.3. The standard InChI is InChI=1S/C16H21N3O3S/c17-12-14-3-5-16(6-4-14)23(20,21)19-9-7-18(8-10-19)13-15-2-1-11-22-15/h3-6,15H,1-2,7-11,13H2/p+1/t15-/m0/s1. The first-order valence-corrected chi connectivity index (χ1v) is 9.49. The lowest BCUT2D eigenvalue weighted by Gasteiger charge is -2.32. The second-order valence-corrected chi connectivity index (χ2v) is 8.07. The summed E-state index contributed by atoms with van der Waals surface area (Å²) in [4.78, 5) is 1.68. The summed E-state index contributed by atoms with van der Waals surface area (Å²) in [6.45, 7) is 4.53. The lowest BCUT2D eigenvalue weighted by Crippen LogP contribution is -3.15. The summed E-state index contributed by atoms with van der Waals surface area (Å²) >= 11 is 0. The van der Waals surface area contributed by atoms with Gasteiger partial charge in [-0.2, -0.15) is 9.57 Å². The molecule has 2 saturated heterocycles. The molecule has 0 radical (unpaired) electrons. The highest BCUT2D eigenvalue weighted by molar-refractivity contribution is 7.89. The molecule has 2 heterocycles. The number of rotatable bonds is 4. The number of benzene rings is 1. The predicted molar refractivity (Wildman–Crippen MR) is 84.5 cm³/mol. The summed E-state index contributed by atoms with van der Waals surface area (Å²) in [6.07, 6.45) is 2.60. The van der Waals surface area contributed by atoms with Gasteiger partial charge in [-0.25, -0.2) is 8.42 Å². The van der Waals surface area contributed by atoms with Gasteiger partial charge in [0, 0.05) is 6.61 Å². The number of nitriles is 1. The Balaban J connectivity index is 1.60. The highest BCUT2D eigenvalue weighted by Crippen LogP contribution is 2.16. The molecule has 0 aliphatic carbocycles. The molecule has 7 heteroatoms. The second kappa shape index (κ2) is 6.97. The molecule has 6 nitrogen and oxygen atoms in total. The van der Waals surface area contributed by atoms with Crippen LogP contribution in [0.5, 0.6) is 0 Å². The van der Waals surface area contributed by atoms with Crippen molar-refractivity contribution < 1.29 is 18.1 Å². The second-order valence-electron chi connectivity index (χ2n) is 6.13. The van der Waals surface area contributed by atoms with E-state index in [0.717, 1.165) is 39.1 Å². The summed E-state index contributed by atoms with van der Waals surface area (Å²) in [7, 11) is -3.46. The molecule has 3 rings (SSSR count). The summed E-state index contributed by atoms with van der Waals surface area (Å²) in [5.41, 5.74) is 0.467. The van der Waals surface area contributed by atoms with Crippen molar-refractivity contribution in [2.75, 3.05) is 39.3 Å². The number of nitrogens with zero attached hydrogens (tertiary/aromatic N) is 2. The number of nitrogens with one attached hydrogen (secondary N) is 1. The maximum absolute atomic E-state index is 12.6. The molecule has 2 fully saturated rings. The van der Waals surface area contributed by atoms with Crippen molar-refractivity contribution >= 4 is 10.0 Å². The van der Waals surface area contributed by atoms with E-state index in [2.05, 4.69) is 0 Å². The van der Waals surface area contributed by atoms with E-state index in [1.54, 1.807) is 16.4 Å². The summed E-state index contributed by atoms with van der Waals surface area (Å²) in [5, 5.41) is 8.80. The number of hydrogen-bond donors (Lipinski definition) is 1. The van der Waals surface area contributed by atoms with Gasteiger partial charge in [0.05, 0.1) is 42.7 Å². The van der Waals surface area contributed by atoms with Crippen LogP contribution in [0, 0.1) is 11.3 Å². The van der Waals surface area contributed by atoms with Gasteiger partial charge in [0.15, 0.2) is 0 Å². The monoisotopic (exact) mass is 336 g/mol. The number of piperazine rings is 1. The quantitative estimate of drug-likeness (QED) is 0.814. The van der Waals surface area contributed by atoms with Crippen LogP contribution in [0.25, 0.3) is 0 Å². The molecular formula is C16H22N3O3S+. The van der Waals surface area contributed by atoms with Gasteiger partial charge in [0.2, 0.25) is 10.0 Å². The van der Waals surface area contributed by atoms with Crippen molar-refractivity contribution in [3.63, 3.8) is 0 Å². The minimum absolute atomic E-state index is 0.263. The van der Waals surface area contributed by atoms with Crippen molar-refractivity contribution in [3.8, 4) is 6.07 Å². The van der Waals surface area contributed by atoms with Gasteiger partial charge >= 0.3 is 0 Å². The Bertz CT molecular complexity index is 668. The SMILES string of the molecule is N#Cc1ccc(S(=O)(=O)N2CC[NH+](C[C@@H]3CCCO3)CC2)cc1. The number of sulfonamides is 1. The maximum atomic E-state index is 12.6. The Labute approximate surface area is 137 Å². The topological polar surface area (TPSA) is 74.8 Å². The maximum Gasteiger partial charge on any atom is 0.243 e. The van der Waals surface area contributed by atoms with Gasteiger partial charge in [0.1, 0.15) is 12.6 Å². The normalized spacial score (nSPS) is 23.7. The van der Waals surface area contributed by atoms with Crippen LogP contribution in [0.3, 0.4) is 0 Å². The molecule has 1 aromatic rings. The molecule has 1 aromatic carbocycles. The van der Waals surface area contributed by atoms with E-state index in [1.807, 2.05) is 6.07 Å². The fourth-order valence-electron chi connectivity index (χ4n) is 3.22. The smallest absolute Gasteiger partial charge is 0.243 e. The number of ether oxygens (including phenoxy) is 1. The molecule has 0 saturated carbocycles. The van der Waals surface area contributed by atoms with Crippen molar-refractivity contribution in [1.29, 1.82) is 5.26 Å². The van der Waals surface area contributed by atoms with Crippen LogP contribution in [-0.4, -0.2) is 58.2 Å². The highest BCUT2D eigenvalue weighted by Gasteiger charge is 2.32. The van der Waals surface area contributed by atoms with E-state index < -0.39 is 10.0 Å². The molecule has 2 aliphatic heterocycles. The molecular weight excluding hydrogens is 314 g/mol. The fraction of sp³-hybridized carbons (Fsp3) is 0.562. The molecule has 0 bridgehead atoms. The van der Waals surface area contributed by atoms with Gasteiger partial charge in [-0.1, -0.05) is 0 Å². The van der Waals surface area contributed by atoms with Crippen LogP contribution in [0.1, 0.15) is 18.4 Å². The van der Waals surface area contributed by atoms with E-state index in [-0.39, 0.29) is 4.90 Å². The summed E-state index contributed by atoms with van der Waals surface area (Å²) < 4.78 is 32.5. The van der Waals surface area contributed by atoms with Gasteiger partial charge < -0.3 is 9.64 Å². The van der Waals surface area contributed by atoms with Crippen LogP contribution in [-0.2, 0) is 14.8 Å². The van der Waals surface area contributed by atoms with Gasteiger partial charge in [-0.3, -0.25) is 0 Å². The van der Waals surface area contributed by atoms with Crippen molar-refractivity contribution in [2.45, 2.75) is 23.8 Å². The third-order valence-corrected chi connectivity index (χ3v) is 6.50. The van der Waals surface area contributed by atoms with Crippen LogP contribution < -0.4 is 4.90 Å². The average Bonchev–Trinajstić information content (AvgIpc) is 3.08. The van der Waals surface area contributed by atoms with Crippen LogP contribution in [0.15, 0.2) is 29.2 Å². The van der Waals surface area contributed by atoms with Gasteiger partial charge in [-0.05, 0) is 37.1 Å². The van der Waals surface area contributed by atoms with Crippen molar-refractivity contribution in [2.24, 2.45) is 0 Å².